The van der Waals surface area contributed by atoms with E-state index < -0.39 is 0 Å². The molecule has 0 saturated heterocycles. The molecule has 0 aliphatic heterocycles. The van der Waals surface area contributed by atoms with Crippen LogP contribution in [0.15, 0.2) is 18.2 Å². The molecule has 1 aromatic rings. The van der Waals surface area contributed by atoms with E-state index in [-0.39, 0.29) is 5.41 Å². The summed E-state index contributed by atoms with van der Waals surface area (Å²) in [5, 5.41) is 0. The maximum atomic E-state index is 5.52. The number of hydrogen-bond acceptors (Lipinski definition) is 2. The second-order valence-electron chi connectivity index (χ2n) is 3.95. The third kappa shape index (κ3) is 3.62. The van der Waals surface area contributed by atoms with Gasteiger partial charge in [-0.2, -0.15) is 0 Å². The third-order valence-corrected chi connectivity index (χ3v) is 1.34. The van der Waals surface area contributed by atoms with Crippen molar-refractivity contribution in [3.05, 3.63) is 23.9 Å². The molecule has 1 aromatic heterocycles. The molecule has 2 N–H and O–H groups in total. The maximum Gasteiger partial charge on any atom is 0.124 e. The molecule has 0 fully saturated rings. The molecule has 13 heavy (non-hydrogen) atoms. The van der Waals surface area contributed by atoms with Gasteiger partial charge in [0.15, 0.2) is 0 Å². The van der Waals surface area contributed by atoms with Gasteiger partial charge in [0.2, 0.25) is 0 Å². The molecule has 2 nitrogen and oxygen atoms in total. The lowest BCUT2D eigenvalue weighted by molar-refractivity contribution is 0.571. The van der Waals surface area contributed by atoms with Crippen LogP contribution in [0.1, 0.15) is 26.5 Å². The molecule has 0 unspecified atom stereocenters. The van der Waals surface area contributed by atoms with Gasteiger partial charge in [-0.15, -0.1) is 0 Å². The standard InChI is InChI=1S/C11H14N2/c1-11(2,3)8-7-9-5-4-6-10(12)13-9/h4-6H,1-3H3,(H2,12,13). The van der Waals surface area contributed by atoms with E-state index in [0.717, 1.165) is 5.69 Å². The summed E-state index contributed by atoms with van der Waals surface area (Å²) in [6.07, 6.45) is 0. The fourth-order valence-electron chi connectivity index (χ4n) is 0.773. The van der Waals surface area contributed by atoms with Crippen molar-refractivity contribution in [2.45, 2.75) is 20.8 Å². The van der Waals surface area contributed by atoms with Crippen LogP contribution in [0.5, 0.6) is 0 Å². The maximum absolute atomic E-state index is 5.52. The molecule has 0 aromatic carbocycles. The van der Waals surface area contributed by atoms with E-state index in [1.165, 1.54) is 0 Å². The second kappa shape index (κ2) is 3.49. The van der Waals surface area contributed by atoms with Gasteiger partial charge in [0.1, 0.15) is 11.5 Å². The Morgan fingerprint density at radius 3 is 2.54 bits per heavy atom. The van der Waals surface area contributed by atoms with Crippen LogP contribution in [0.2, 0.25) is 0 Å². The number of nitrogen functional groups attached to an aromatic ring is 1. The molecule has 0 radical (unpaired) electrons. The van der Waals surface area contributed by atoms with Crippen LogP contribution in [0.4, 0.5) is 5.82 Å². The zero-order valence-corrected chi connectivity index (χ0v) is 8.26. The van der Waals surface area contributed by atoms with Crippen molar-refractivity contribution in [1.82, 2.24) is 4.98 Å². The van der Waals surface area contributed by atoms with Gasteiger partial charge >= 0.3 is 0 Å². The summed E-state index contributed by atoms with van der Waals surface area (Å²) in [5.41, 5.74) is 6.26. The summed E-state index contributed by atoms with van der Waals surface area (Å²) >= 11 is 0. The summed E-state index contributed by atoms with van der Waals surface area (Å²) in [6, 6.07) is 5.46. The summed E-state index contributed by atoms with van der Waals surface area (Å²) in [7, 11) is 0. The number of anilines is 1. The summed E-state index contributed by atoms with van der Waals surface area (Å²) in [5.74, 6) is 6.60. The summed E-state index contributed by atoms with van der Waals surface area (Å²) in [6.45, 7) is 6.19. The number of hydrogen-bond donors (Lipinski definition) is 1. The Morgan fingerprint density at radius 2 is 2.00 bits per heavy atom. The van der Waals surface area contributed by atoms with Gasteiger partial charge in [0.05, 0.1) is 0 Å². The van der Waals surface area contributed by atoms with Crippen LogP contribution in [0, 0.1) is 17.3 Å². The number of nitrogens with zero attached hydrogens (tertiary/aromatic N) is 1. The van der Waals surface area contributed by atoms with Gasteiger partial charge in [-0.1, -0.05) is 12.0 Å². The predicted octanol–water partition coefficient (Wildman–Crippen LogP) is 2.06. The fourth-order valence-corrected chi connectivity index (χ4v) is 0.773. The normalized spacial score (nSPS) is 10.4. The van der Waals surface area contributed by atoms with Crippen molar-refractivity contribution in [3.63, 3.8) is 0 Å². The van der Waals surface area contributed by atoms with Crippen molar-refractivity contribution >= 4 is 5.82 Å². The van der Waals surface area contributed by atoms with Crippen LogP contribution in [0.3, 0.4) is 0 Å². The summed E-state index contributed by atoms with van der Waals surface area (Å²) < 4.78 is 0. The Balaban J connectivity index is 2.90. The molecule has 2 heteroatoms. The van der Waals surface area contributed by atoms with Crippen LogP contribution in [-0.2, 0) is 0 Å². The smallest absolute Gasteiger partial charge is 0.124 e. The highest BCUT2D eigenvalue weighted by Gasteiger charge is 2.03. The van der Waals surface area contributed by atoms with E-state index in [0.29, 0.717) is 5.82 Å². The SMILES string of the molecule is CC(C)(C)C#Cc1cccc(N)n1. The predicted molar refractivity (Wildman–Crippen MR) is 55.0 cm³/mol. The topological polar surface area (TPSA) is 38.9 Å². The quantitative estimate of drug-likeness (QED) is 0.611. The van der Waals surface area contributed by atoms with Crippen molar-refractivity contribution in [1.29, 1.82) is 0 Å². The minimum absolute atomic E-state index is 0.00623. The number of nitrogens with two attached hydrogens (primary N) is 1. The average Bonchev–Trinajstić information content (AvgIpc) is 2.00. The highest BCUT2D eigenvalue weighted by Crippen LogP contribution is 2.10. The molecule has 0 amide bonds. The average molecular weight is 174 g/mol. The van der Waals surface area contributed by atoms with Crippen molar-refractivity contribution < 1.29 is 0 Å². The molecule has 0 atom stereocenters. The minimum atomic E-state index is 0.00623. The van der Waals surface area contributed by atoms with Crippen molar-refractivity contribution in [2.75, 3.05) is 5.73 Å². The Bertz CT molecular complexity index is 350. The first-order chi connectivity index (χ1) is 5.97. The first-order valence-electron chi connectivity index (χ1n) is 4.23. The lowest BCUT2D eigenvalue weighted by atomic mass is 9.98. The zero-order chi connectivity index (χ0) is 9.90. The van der Waals surface area contributed by atoms with E-state index in [9.17, 15) is 0 Å². The molecule has 0 aliphatic carbocycles. The fraction of sp³-hybridized carbons (Fsp3) is 0.364. The summed E-state index contributed by atoms with van der Waals surface area (Å²) in [4.78, 5) is 4.08. The van der Waals surface area contributed by atoms with Crippen molar-refractivity contribution in [2.24, 2.45) is 5.41 Å². The highest BCUT2D eigenvalue weighted by atomic mass is 14.8. The van der Waals surface area contributed by atoms with Gasteiger partial charge in [-0.25, -0.2) is 4.98 Å². The Labute approximate surface area is 79.2 Å². The number of pyridine rings is 1. The lowest BCUT2D eigenvalue weighted by Gasteiger charge is -2.06. The van der Waals surface area contributed by atoms with Crippen molar-refractivity contribution in [3.8, 4) is 11.8 Å². The zero-order valence-electron chi connectivity index (χ0n) is 8.26. The van der Waals surface area contributed by atoms with E-state index in [1.54, 1.807) is 6.07 Å². The molecule has 1 heterocycles. The Morgan fingerprint density at radius 1 is 1.31 bits per heavy atom. The van der Waals surface area contributed by atoms with E-state index in [2.05, 4.69) is 37.6 Å². The van der Waals surface area contributed by atoms with Crippen LogP contribution in [-0.4, -0.2) is 4.98 Å². The molecule has 0 bridgehead atoms. The lowest BCUT2D eigenvalue weighted by Crippen LogP contribution is -2.00. The van der Waals surface area contributed by atoms with E-state index in [4.69, 9.17) is 5.73 Å². The molecule has 68 valence electrons. The molecule has 0 aliphatic rings. The minimum Gasteiger partial charge on any atom is -0.384 e. The molecule has 1 rings (SSSR count). The molecule has 0 spiro atoms. The third-order valence-electron chi connectivity index (χ3n) is 1.34. The Hall–Kier alpha value is -1.49. The van der Waals surface area contributed by atoms with Gasteiger partial charge in [-0.05, 0) is 38.8 Å². The molecule has 0 saturated carbocycles. The number of aromatic nitrogens is 1. The second-order valence-corrected chi connectivity index (χ2v) is 3.95. The largest absolute Gasteiger partial charge is 0.384 e. The van der Waals surface area contributed by atoms with Crippen LogP contribution < -0.4 is 5.73 Å². The first-order valence-corrected chi connectivity index (χ1v) is 4.23. The van der Waals surface area contributed by atoms with E-state index >= 15 is 0 Å². The van der Waals surface area contributed by atoms with Gasteiger partial charge in [0, 0.05) is 5.41 Å². The monoisotopic (exact) mass is 174 g/mol. The number of rotatable bonds is 0. The Kier molecular flexibility index (Phi) is 2.57. The van der Waals surface area contributed by atoms with Gasteiger partial charge in [-0.3, -0.25) is 0 Å². The van der Waals surface area contributed by atoms with E-state index in [1.807, 2.05) is 12.1 Å². The van der Waals surface area contributed by atoms with Gasteiger partial charge < -0.3 is 5.73 Å². The molecular formula is C11H14N2. The van der Waals surface area contributed by atoms with Gasteiger partial charge in [0.25, 0.3) is 0 Å². The first kappa shape index (κ1) is 9.60. The molecular weight excluding hydrogens is 160 g/mol. The highest BCUT2D eigenvalue weighted by molar-refractivity contribution is 5.36. The van der Waals surface area contributed by atoms with Crippen LogP contribution >= 0.6 is 0 Å². The van der Waals surface area contributed by atoms with Crippen LogP contribution in [0.25, 0.3) is 0 Å².